The molecule has 0 saturated carbocycles. The van der Waals surface area contributed by atoms with E-state index in [0.717, 1.165) is 43.4 Å². The second kappa shape index (κ2) is 8.22. The number of aromatic nitrogens is 3. The Morgan fingerprint density at radius 3 is 2.71 bits per heavy atom. The number of benzene rings is 1. The minimum Gasteiger partial charge on any atom is -0.368 e. The van der Waals surface area contributed by atoms with E-state index in [4.69, 9.17) is 11.6 Å². The first kappa shape index (κ1) is 18.8. The monoisotopic (exact) mass is 414 g/mol. The highest BCUT2D eigenvalue weighted by Crippen LogP contribution is 2.28. The Morgan fingerprint density at radius 2 is 2.00 bits per heavy atom. The van der Waals surface area contributed by atoms with Crippen LogP contribution in [0.2, 0.25) is 5.02 Å². The summed E-state index contributed by atoms with van der Waals surface area (Å²) < 4.78 is 4.25. The summed E-state index contributed by atoms with van der Waals surface area (Å²) in [6.07, 6.45) is 1.68. The minimum absolute atomic E-state index is 0.268. The maximum Gasteiger partial charge on any atom is 0.257 e. The van der Waals surface area contributed by atoms with Gasteiger partial charge < -0.3 is 9.80 Å². The number of anilines is 2. The van der Waals surface area contributed by atoms with Gasteiger partial charge in [-0.15, -0.1) is 0 Å². The Morgan fingerprint density at radius 1 is 1.18 bits per heavy atom. The fourth-order valence-corrected chi connectivity index (χ4v) is 3.87. The Kier molecular flexibility index (Phi) is 5.52. The number of nitrogens with one attached hydrogen (secondary N) is 1. The van der Waals surface area contributed by atoms with Gasteiger partial charge >= 0.3 is 0 Å². The third kappa shape index (κ3) is 4.14. The summed E-state index contributed by atoms with van der Waals surface area (Å²) in [5, 5.41) is 3.77. The van der Waals surface area contributed by atoms with Crippen molar-refractivity contribution in [2.24, 2.45) is 0 Å². The number of likely N-dealkylation sites (N-methyl/N-ethyl adjacent to an activating group) is 1. The van der Waals surface area contributed by atoms with Crippen LogP contribution in [-0.2, 0) is 0 Å². The Bertz CT molecular complexity index is 972. The van der Waals surface area contributed by atoms with E-state index < -0.39 is 0 Å². The molecule has 4 rings (SSSR count). The van der Waals surface area contributed by atoms with E-state index >= 15 is 0 Å². The first-order valence-corrected chi connectivity index (χ1v) is 10.0. The normalized spacial score (nSPS) is 14.9. The summed E-state index contributed by atoms with van der Waals surface area (Å²) in [5.74, 6) is 0.222. The summed E-state index contributed by atoms with van der Waals surface area (Å²) in [6, 6.07) is 10.9. The Hall–Kier alpha value is -2.55. The molecule has 1 fully saturated rings. The van der Waals surface area contributed by atoms with Gasteiger partial charge in [0, 0.05) is 49.5 Å². The van der Waals surface area contributed by atoms with Crippen LogP contribution in [-0.4, -0.2) is 58.4 Å². The zero-order valence-corrected chi connectivity index (χ0v) is 16.9. The van der Waals surface area contributed by atoms with Gasteiger partial charge in [0.15, 0.2) is 5.82 Å². The van der Waals surface area contributed by atoms with Crippen LogP contribution in [0.1, 0.15) is 10.4 Å². The number of carbonyl (C=O) groups excluding carboxylic acids is 1. The molecule has 3 heterocycles. The lowest BCUT2D eigenvalue weighted by Crippen LogP contribution is -2.44. The number of amides is 1. The standard InChI is InChI=1S/C19H19ClN6OS/c1-25-8-10-26(11-9-25)16-6-5-13(12-14(16)20)18(27)23-19-22-17(24-28-19)15-4-2-3-7-21-15/h2-7,12H,8-11H2,1H3,(H,22,23,24,27). The van der Waals surface area contributed by atoms with Crippen molar-refractivity contribution in [3.05, 3.63) is 53.2 Å². The molecule has 1 aliphatic rings. The Balaban J connectivity index is 1.45. The summed E-state index contributed by atoms with van der Waals surface area (Å²) in [6.45, 7) is 3.83. The first-order chi connectivity index (χ1) is 13.6. The number of pyridine rings is 1. The predicted octanol–water partition coefficient (Wildman–Crippen LogP) is 3.26. The van der Waals surface area contributed by atoms with E-state index in [1.54, 1.807) is 18.3 Å². The molecule has 1 aliphatic heterocycles. The molecule has 9 heteroatoms. The van der Waals surface area contributed by atoms with Crippen LogP contribution in [0, 0.1) is 0 Å². The number of hydrogen-bond acceptors (Lipinski definition) is 7. The van der Waals surface area contributed by atoms with Crippen LogP contribution in [0.5, 0.6) is 0 Å². The molecule has 0 unspecified atom stereocenters. The lowest BCUT2D eigenvalue weighted by atomic mass is 10.1. The number of piperazine rings is 1. The molecule has 0 radical (unpaired) electrons. The molecule has 1 amide bonds. The second-order valence-electron chi connectivity index (χ2n) is 6.55. The van der Waals surface area contributed by atoms with Crippen LogP contribution in [0.3, 0.4) is 0 Å². The predicted molar refractivity (Wildman–Crippen MR) is 112 cm³/mol. The van der Waals surface area contributed by atoms with Crippen molar-refractivity contribution in [3.8, 4) is 11.5 Å². The van der Waals surface area contributed by atoms with E-state index in [1.807, 2.05) is 24.3 Å². The minimum atomic E-state index is -0.268. The molecule has 1 aromatic carbocycles. The van der Waals surface area contributed by atoms with E-state index in [2.05, 4.69) is 36.5 Å². The number of carbonyl (C=O) groups is 1. The molecule has 0 aliphatic carbocycles. The number of nitrogens with zero attached hydrogens (tertiary/aromatic N) is 5. The quantitative estimate of drug-likeness (QED) is 0.706. The van der Waals surface area contributed by atoms with E-state index in [1.165, 1.54) is 0 Å². The molecule has 0 spiro atoms. The fraction of sp³-hybridized carbons (Fsp3) is 0.263. The molecular weight excluding hydrogens is 396 g/mol. The van der Waals surface area contributed by atoms with Gasteiger partial charge in [0.25, 0.3) is 5.91 Å². The first-order valence-electron chi connectivity index (χ1n) is 8.89. The highest BCUT2D eigenvalue weighted by Gasteiger charge is 2.18. The highest BCUT2D eigenvalue weighted by atomic mass is 35.5. The van der Waals surface area contributed by atoms with Crippen LogP contribution >= 0.6 is 23.1 Å². The smallest absolute Gasteiger partial charge is 0.257 e. The average Bonchev–Trinajstić information content (AvgIpc) is 3.18. The number of hydrogen-bond donors (Lipinski definition) is 1. The van der Waals surface area contributed by atoms with Crippen LogP contribution < -0.4 is 10.2 Å². The molecule has 0 atom stereocenters. The van der Waals surface area contributed by atoms with Gasteiger partial charge in [0.2, 0.25) is 5.13 Å². The fourth-order valence-electron chi connectivity index (χ4n) is 2.99. The van der Waals surface area contributed by atoms with E-state index in [0.29, 0.717) is 27.2 Å². The molecule has 2 aromatic heterocycles. The van der Waals surface area contributed by atoms with Crippen molar-refractivity contribution in [2.45, 2.75) is 0 Å². The molecule has 1 N–H and O–H groups in total. The summed E-state index contributed by atoms with van der Waals surface area (Å²) in [4.78, 5) is 25.7. The zero-order valence-electron chi connectivity index (χ0n) is 15.3. The molecule has 7 nitrogen and oxygen atoms in total. The molecule has 28 heavy (non-hydrogen) atoms. The van der Waals surface area contributed by atoms with Crippen LogP contribution in [0.4, 0.5) is 10.8 Å². The zero-order chi connectivity index (χ0) is 19.5. The van der Waals surface area contributed by atoms with Gasteiger partial charge in [-0.2, -0.15) is 9.36 Å². The third-order valence-corrected chi connectivity index (χ3v) is 5.53. The topological polar surface area (TPSA) is 74.2 Å². The van der Waals surface area contributed by atoms with Crippen molar-refractivity contribution in [2.75, 3.05) is 43.4 Å². The van der Waals surface area contributed by atoms with Crippen molar-refractivity contribution >= 4 is 39.9 Å². The average molecular weight is 415 g/mol. The highest BCUT2D eigenvalue weighted by molar-refractivity contribution is 7.10. The third-order valence-electron chi connectivity index (χ3n) is 4.59. The van der Waals surface area contributed by atoms with Gasteiger partial charge in [-0.1, -0.05) is 17.7 Å². The molecule has 144 valence electrons. The van der Waals surface area contributed by atoms with Crippen LogP contribution in [0.25, 0.3) is 11.5 Å². The second-order valence-corrected chi connectivity index (χ2v) is 7.71. The van der Waals surface area contributed by atoms with Gasteiger partial charge in [-0.25, -0.2) is 0 Å². The van der Waals surface area contributed by atoms with Gasteiger partial charge in [0.1, 0.15) is 5.69 Å². The Labute approximate surface area is 172 Å². The SMILES string of the molecule is CN1CCN(c2ccc(C(=O)Nc3nc(-c4ccccn4)ns3)cc2Cl)CC1. The van der Waals surface area contributed by atoms with Crippen LogP contribution in [0.15, 0.2) is 42.6 Å². The molecule has 3 aromatic rings. The maximum absolute atomic E-state index is 12.6. The van der Waals surface area contributed by atoms with Gasteiger partial charge in [-0.3, -0.25) is 15.1 Å². The number of rotatable bonds is 4. The largest absolute Gasteiger partial charge is 0.368 e. The van der Waals surface area contributed by atoms with E-state index in [9.17, 15) is 4.79 Å². The lowest BCUT2D eigenvalue weighted by Gasteiger charge is -2.34. The van der Waals surface area contributed by atoms with Crippen molar-refractivity contribution in [1.29, 1.82) is 0 Å². The molecular formula is C19H19ClN6OS. The molecule has 1 saturated heterocycles. The van der Waals surface area contributed by atoms with Crippen molar-refractivity contribution in [3.63, 3.8) is 0 Å². The molecule has 0 bridgehead atoms. The lowest BCUT2D eigenvalue weighted by molar-refractivity contribution is 0.102. The summed E-state index contributed by atoms with van der Waals surface area (Å²) in [7, 11) is 2.11. The van der Waals surface area contributed by atoms with Gasteiger partial charge in [0.05, 0.1) is 10.7 Å². The summed E-state index contributed by atoms with van der Waals surface area (Å²) in [5.41, 5.74) is 2.11. The maximum atomic E-state index is 12.6. The van der Waals surface area contributed by atoms with Gasteiger partial charge in [-0.05, 0) is 37.4 Å². The van der Waals surface area contributed by atoms with Crippen molar-refractivity contribution in [1.82, 2.24) is 19.2 Å². The number of halogens is 1. The van der Waals surface area contributed by atoms with E-state index in [-0.39, 0.29) is 5.91 Å². The summed E-state index contributed by atoms with van der Waals surface area (Å²) >= 11 is 7.58. The van der Waals surface area contributed by atoms with Crippen molar-refractivity contribution < 1.29 is 4.79 Å².